The highest BCUT2D eigenvalue weighted by Crippen LogP contribution is 2.27. The molecule has 2 atom stereocenters. The van der Waals surface area contributed by atoms with Crippen LogP contribution in [-0.4, -0.2) is 12.0 Å². The van der Waals surface area contributed by atoms with Crippen LogP contribution in [0.5, 0.6) is 5.75 Å². The van der Waals surface area contributed by atoms with Crippen LogP contribution in [0.25, 0.3) is 0 Å². The second-order valence-electron chi connectivity index (χ2n) is 8.16. The molecule has 1 aliphatic carbocycles. The van der Waals surface area contributed by atoms with E-state index in [9.17, 15) is 4.79 Å². The number of amides is 1. The topological polar surface area (TPSA) is 38.3 Å². The van der Waals surface area contributed by atoms with E-state index in [0.717, 1.165) is 29.7 Å². The Kier molecular flexibility index (Phi) is 6.18. The minimum absolute atomic E-state index is 0.122. The number of ether oxygens (including phenoxy) is 1. The first-order chi connectivity index (χ1) is 14.6. The number of hydrogen-bond donors (Lipinski definition) is 1. The fraction of sp³-hybridized carbons (Fsp3) is 0.296. The monoisotopic (exact) mass is 399 g/mol. The number of carbonyl (C=O) groups is 1. The molecule has 1 N–H and O–H groups in total. The highest BCUT2D eigenvalue weighted by atomic mass is 16.5. The number of rotatable bonds is 6. The predicted octanol–water partition coefficient (Wildman–Crippen LogP) is 5.55. The van der Waals surface area contributed by atoms with E-state index in [1.165, 1.54) is 29.5 Å². The van der Waals surface area contributed by atoms with Gasteiger partial charge in [0.25, 0.3) is 5.91 Å². The summed E-state index contributed by atoms with van der Waals surface area (Å²) < 4.78 is 6.03. The second-order valence-corrected chi connectivity index (χ2v) is 8.16. The summed E-state index contributed by atoms with van der Waals surface area (Å²) in [7, 11) is 0. The molecule has 0 radical (unpaired) electrons. The lowest BCUT2D eigenvalue weighted by Crippen LogP contribution is -2.39. The van der Waals surface area contributed by atoms with E-state index >= 15 is 0 Å². The number of aryl methyl sites for hydroxylation is 3. The van der Waals surface area contributed by atoms with Gasteiger partial charge in [-0.15, -0.1) is 0 Å². The average Bonchev–Trinajstić information content (AvgIpc) is 2.77. The summed E-state index contributed by atoms with van der Waals surface area (Å²) in [6.07, 6.45) is 4.13. The van der Waals surface area contributed by atoms with E-state index in [0.29, 0.717) is 0 Å². The van der Waals surface area contributed by atoms with Crippen LogP contribution in [0.15, 0.2) is 72.8 Å². The quantitative estimate of drug-likeness (QED) is 0.590. The third kappa shape index (κ3) is 4.73. The van der Waals surface area contributed by atoms with Crippen molar-refractivity contribution >= 4 is 5.91 Å². The number of carbonyl (C=O) groups excluding carboxylic acids is 1. The zero-order chi connectivity index (χ0) is 20.9. The van der Waals surface area contributed by atoms with E-state index in [1.54, 1.807) is 0 Å². The van der Waals surface area contributed by atoms with Crippen LogP contribution in [-0.2, 0) is 17.6 Å². The summed E-state index contributed by atoms with van der Waals surface area (Å²) >= 11 is 0. The van der Waals surface area contributed by atoms with Crippen LogP contribution < -0.4 is 10.1 Å². The lowest BCUT2D eigenvalue weighted by Gasteiger charge is -2.23. The Balaban J connectivity index is 1.50. The van der Waals surface area contributed by atoms with Gasteiger partial charge in [-0.05, 0) is 73.9 Å². The first kappa shape index (κ1) is 20.2. The third-order valence-electron chi connectivity index (χ3n) is 5.80. The molecule has 0 aliphatic heterocycles. The highest BCUT2D eigenvalue weighted by Gasteiger charge is 2.22. The van der Waals surface area contributed by atoms with Gasteiger partial charge in [0.1, 0.15) is 5.75 Å². The van der Waals surface area contributed by atoms with Gasteiger partial charge < -0.3 is 10.1 Å². The summed E-state index contributed by atoms with van der Waals surface area (Å²) in [6.45, 7) is 3.88. The van der Waals surface area contributed by atoms with Crippen LogP contribution in [0.3, 0.4) is 0 Å². The lowest BCUT2D eigenvalue weighted by molar-refractivity contribution is -0.127. The fourth-order valence-electron chi connectivity index (χ4n) is 4.15. The summed E-state index contributed by atoms with van der Waals surface area (Å²) in [5.74, 6) is 0.646. The molecule has 0 fully saturated rings. The fourth-order valence-corrected chi connectivity index (χ4v) is 4.15. The van der Waals surface area contributed by atoms with Crippen molar-refractivity contribution in [1.29, 1.82) is 0 Å². The van der Waals surface area contributed by atoms with Gasteiger partial charge in [-0.3, -0.25) is 4.79 Å². The zero-order valence-electron chi connectivity index (χ0n) is 17.7. The van der Waals surface area contributed by atoms with E-state index in [4.69, 9.17) is 4.74 Å². The Labute approximate surface area is 179 Å². The van der Waals surface area contributed by atoms with E-state index < -0.39 is 6.10 Å². The molecule has 0 bridgehead atoms. The Morgan fingerprint density at radius 1 is 0.867 bits per heavy atom. The molecule has 0 unspecified atom stereocenters. The molecule has 3 nitrogen and oxygen atoms in total. The maximum atomic E-state index is 13.0. The van der Waals surface area contributed by atoms with E-state index in [2.05, 4.69) is 42.6 Å². The Morgan fingerprint density at radius 3 is 2.37 bits per heavy atom. The van der Waals surface area contributed by atoms with Gasteiger partial charge >= 0.3 is 0 Å². The zero-order valence-corrected chi connectivity index (χ0v) is 17.7. The average molecular weight is 400 g/mol. The second kappa shape index (κ2) is 9.17. The standard InChI is InChI=1S/C27H29NO2/c1-19-9-8-14-24(17-19)26(22-11-4-3-5-12-22)28-27(29)20(2)30-25-16-15-21-10-6-7-13-23(21)18-25/h3-5,8-9,11-12,14-18,20,26H,6-7,10,13H2,1-2H3,(H,28,29)/t20-,26+/m0/s1. The first-order valence-corrected chi connectivity index (χ1v) is 10.8. The van der Waals surface area contributed by atoms with Crippen molar-refractivity contribution in [1.82, 2.24) is 5.32 Å². The van der Waals surface area contributed by atoms with Crippen LogP contribution in [0.1, 0.15) is 53.6 Å². The first-order valence-electron chi connectivity index (χ1n) is 10.8. The minimum atomic E-state index is -0.581. The highest BCUT2D eigenvalue weighted by molar-refractivity contribution is 5.81. The lowest BCUT2D eigenvalue weighted by atomic mass is 9.92. The SMILES string of the molecule is Cc1cccc([C@H](NC(=O)[C@H](C)Oc2ccc3c(c2)CCCC3)c2ccccc2)c1. The van der Waals surface area contributed by atoms with Gasteiger partial charge in [0.15, 0.2) is 6.10 Å². The molecule has 154 valence electrons. The van der Waals surface area contributed by atoms with Crippen molar-refractivity contribution in [2.45, 2.75) is 51.7 Å². The number of fused-ring (bicyclic) bond motifs is 1. The van der Waals surface area contributed by atoms with E-state index in [1.807, 2.05) is 49.4 Å². The number of hydrogen-bond acceptors (Lipinski definition) is 2. The van der Waals surface area contributed by atoms with Crippen LogP contribution in [0.2, 0.25) is 0 Å². The van der Waals surface area contributed by atoms with Gasteiger partial charge in [-0.2, -0.15) is 0 Å². The molecule has 3 aromatic carbocycles. The molecule has 4 rings (SSSR count). The molecule has 0 aromatic heterocycles. The third-order valence-corrected chi connectivity index (χ3v) is 5.80. The smallest absolute Gasteiger partial charge is 0.261 e. The van der Waals surface area contributed by atoms with Crippen molar-refractivity contribution in [2.24, 2.45) is 0 Å². The van der Waals surface area contributed by atoms with E-state index in [-0.39, 0.29) is 11.9 Å². The van der Waals surface area contributed by atoms with Gasteiger partial charge in [0, 0.05) is 0 Å². The van der Waals surface area contributed by atoms with Gasteiger partial charge in [-0.1, -0.05) is 66.2 Å². The summed E-state index contributed by atoms with van der Waals surface area (Å²) in [5.41, 5.74) is 6.05. The van der Waals surface area contributed by atoms with Crippen molar-refractivity contribution in [3.05, 3.63) is 101 Å². The van der Waals surface area contributed by atoms with Gasteiger partial charge in [0.2, 0.25) is 0 Å². The summed E-state index contributed by atoms with van der Waals surface area (Å²) in [6, 6.07) is 24.4. The van der Waals surface area contributed by atoms with Crippen LogP contribution >= 0.6 is 0 Å². The number of nitrogens with one attached hydrogen (secondary N) is 1. The Hall–Kier alpha value is -3.07. The Morgan fingerprint density at radius 2 is 1.60 bits per heavy atom. The van der Waals surface area contributed by atoms with Crippen molar-refractivity contribution < 1.29 is 9.53 Å². The molecular formula is C27H29NO2. The van der Waals surface area contributed by atoms with Crippen LogP contribution in [0.4, 0.5) is 0 Å². The molecule has 1 amide bonds. The maximum Gasteiger partial charge on any atom is 0.261 e. The molecule has 0 spiro atoms. The summed E-state index contributed by atoms with van der Waals surface area (Å²) in [5, 5.41) is 3.20. The van der Waals surface area contributed by atoms with Crippen LogP contribution in [0, 0.1) is 6.92 Å². The molecule has 30 heavy (non-hydrogen) atoms. The summed E-state index contributed by atoms with van der Waals surface area (Å²) in [4.78, 5) is 13.0. The molecule has 0 saturated carbocycles. The number of benzene rings is 3. The molecular weight excluding hydrogens is 370 g/mol. The van der Waals surface area contributed by atoms with Gasteiger partial charge in [0.05, 0.1) is 6.04 Å². The van der Waals surface area contributed by atoms with Crippen molar-refractivity contribution in [3.63, 3.8) is 0 Å². The van der Waals surface area contributed by atoms with Crippen molar-refractivity contribution in [3.8, 4) is 5.75 Å². The predicted molar refractivity (Wildman–Crippen MR) is 121 cm³/mol. The molecule has 3 aromatic rings. The molecule has 3 heteroatoms. The molecule has 0 saturated heterocycles. The van der Waals surface area contributed by atoms with Crippen molar-refractivity contribution in [2.75, 3.05) is 0 Å². The Bertz CT molecular complexity index is 1010. The molecule has 1 aliphatic rings. The van der Waals surface area contributed by atoms with Gasteiger partial charge in [-0.25, -0.2) is 0 Å². The largest absolute Gasteiger partial charge is 0.481 e. The molecule has 0 heterocycles. The normalized spacial score (nSPS) is 15.0. The minimum Gasteiger partial charge on any atom is -0.481 e. The maximum absolute atomic E-state index is 13.0.